The van der Waals surface area contributed by atoms with Crippen molar-refractivity contribution in [1.29, 1.82) is 0 Å². The molecule has 100 valence electrons. The summed E-state index contributed by atoms with van der Waals surface area (Å²) in [5, 5.41) is 8.90. The summed E-state index contributed by atoms with van der Waals surface area (Å²) in [5.74, 6) is -1.14. The molecule has 3 N–H and O–H groups in total. The molecular weight excluding hydrogens is 239 g/mol. The average Bonchev–Trinajstić information content (AvgIpc) is 2.36. The number of anilines is 1. The van der Waals surface area contributed by atoms with Gasteiger partial charge in [0.1, 0.15) is 5.82 Å². The Labute approximate surface area is 105 Å². The molecule has 0 radical (unpaired) electrons. The Balaban J connectivity index is 2.90. The zero-order valence-corrected chi connectivity index (χ0v) is 10.2. The molecule has 1 aromatic rings. The van der Waals surface area contributed by atoms with Crippen LogP contribution in [0.4, 0.5) is 10.1 Å². The highest BCUT2D eigenvalue weighted by Gasteiger charge is 2.18. The van der Waals surface area contributed by atoms with Crippen molar-refractivity contribution in [3.05, 3.63) is 29.6 Å². The molecule has 6 heteroatoms. The molecule has 0 aliphatic carbocycles. The summed E-state index contributed by atoms with van der Waals surface area (Å²) < 4.78 is 18.4. The number of amides is 1. The van der Waals surface area contributed by atoms with Crippen LogP contribution in [-0.2, 0) is 4.74 Å². The van der Waals surface area contributed by atoms with E-state index in [1.165, 1.54) is 24.1 Å². The van der Waals surface area contributed by atoms with Crippen molar-refractivity contribution in [2.24, 2.45) is 0 Å². The second kappa shape index (κ2) is 6.93. The first-order chi connectivity index (χ1) is 8.60. The zero-order chi connectivity index (χ0) is 13.5. The van der Waals surface area contributed by atoms with Gasteiger partial charge in [-0.2, -0.15) is 0 Å². The standard InChI is InChI=1S/C12H17FN2O3/c1-18-7-5-15(4-6-16)12(17)10-8-9(14)2-3-11(10)13/h2-3,8,16H,4-7,14H2,1H3. The van der Waals surface area contributed by atoms with Gasteiger partial charge in [-0.1, -0.05) is 0 Å². The van der Waals surface area contributed by atoms with Crippen LogP contribution in [0.25, 0.3) is 0 Å². The smallest absolute Gasteiger partial charge is 0.257 e. The van der Waals surface area contributed by atoms with Gasteiger partial charge >= 0.3 is 0 Å². The minimum atomic E-state index is -0.630. The summed E-state index contributed by atoms with van der Waals surface area (Å²) >= 11 is 0. The van der Waals surface area contributed by atoms with Crippen LogP contribution in [0.3, 0.4) is 0 Å². The van der Waals surface area contributed by atoms with E-state index in [0.717, 1.165) is 6.07 Å². The highest BCUT2D eigenvalue weighted by Crippen LogP contribution is 2.14. The van der Waals surface area contributed by atoms with E-state index in [2.05, 4.69) is 0 Å². The van der Waals surface area contributed by atoms with Crippen LogP contribution in [0.15, 0.2) is 18.2 Å². The minimum absolute atomic E-state index is 0.0976. The van der Waals surface area contributed by atoms with Gasteiger partial charge in [-0.25, -0.2) is 4.39 Å². The highest BCUT2D eigenvalue weighted by atomic mass is 19.1. The number of nitrogen functional groups attached to an aromatic ring is 1. The van der Waals surface area contributed by atoms with Crippen LogP contribution >= 0.6 is 0 Å². The molecule has 0 atom stereocenters. The molecule has 18 heavy (non-hydrogen) atoms. The minimum Gasteiger partial charge on any atom is -0.399 e. The van der Waals surface area contributed by atoms with Crippen molar-refractivity contribution >= 4 is 11.6 Å². The van der Waals surface area contributed by atoms with E-state index in [4.69, 9.17) is 15.6 Å². The van der Waals surface area contributed by atoms with E-state index in [9.17, 15) is 9.18 Å². The number of methoxy groups -OCH3 is 1. The number of halogens is 1. The predicted molar refractivity (Wildman–Crippen MR) is 65.7 cm³/mol. The quantitative estimate of drug-likeness (QED) is 0.726. The van der Waals surface area contributed by atoms with Crippen molar-refractivity contribution in [2.75, 3.05) is 39.1 Å². The number of carbonyl (C=O) groups is 1. The molecule has 0 saturated carbocycles. The lowest BCUT2D eigenvalue weighted by molar-refractivity contribution is 0.0652. The molecule has 0 spiro atoms. The second-order valence-electron chi connectivity index (χ2n) is 3.75. The molecule has 0 bridgehead atoms. The van der Waals surface area contributed by atoms with Crippen LogP contribution < -0.4 is 5.73 Å². The van der Waals surface area contributed by atoms with Crippen molar-refractivity contribution in [3.63, 3.8) is 0 Å². The van der Waals surface area contributed by atoms with Crippen molar-refractivity contribution in [3.8, 4) is 0 Å². The number of aliphatic hydroxyl groups excluding tert-OH is 1. The molecule has 0 heterocycles. The number of rotatable bonds is 6. The fraction of sp³-hybridized carbons (Fsp3) is 0.417. The number of hydrogen-bond acceptors (Lipinski definition) is 4. The Bertz CT molecular complexity index is 412. The maximum Gasteiger partial charge on any atom is 0.257 e. The normalized spacial score (nSPS) is 10.4. The van der Waals surface area contributed by atoms with Gasteiger partial charge in [0.15, 0.2) is 0 Å². The van der Waals surface area contributed by atoms with Gasteiger partial charge in [-0.15, -0.1) is 0 Å². The van der Waals surface area contributed by atoms with E-state index in [-0.39, 0.29) is 25.3 Å². The largest absolute Gasteiger partial charge is 0.399 e. The lowest BCUT2D eigenvalue weighted by Gasteiger charge is -2.21. The summed E-state index contributed by atoms with van der Waals surface area (Å²) in [5.41, 5.74) is 5.75. The Morgan fingerprint density at radius 3 is 2.83 bits per heavy atom. The van der Waals surface area contributed by atoms with Crippen molar-refractivity contribution in [1.82, 2.24) is 4.90 Å². The number of hydrogen-bond donors (Lipinski definition) is 2. The van der Waals surface area contributed by atoms with E-state index in [1.807, 2.05) is 0 Å². The first kappa shape index (κ1) is 14.4. The first-order valence-electron chi connectivity index (χ1n) is 5.54. The SMILES string of the molecule is COCCN(CCO)C(=O)c1cc(N)ccc1F. The monoisotopic (exact) mass is 256 g/mol. The molecule has 1 rings (SSSR count). The fourth-order valence-corrected chi connectivity index (χ4v) is 1.51. The second-order valence-corrected chi connectivity index (χ2v) is 3.75. The van der Waals surface area contributed by atoms with Gasteiger partial charge in [0.25, 0.3) is 5.91 Å². The molecule has 1 amide bonds. The maximum atomic E-state index is 13.5. The number of nitrogens with zero attached hydrogens (tertiary/aromatic N) is 1. The topological polar surface area (TPSA) is 75.8 Å². The molecule has 0 aromatic heterocycles. The summed E-state index contributed by atoms with van der Waals surface area (Å²) in [6.07, 6.45) is 0. The zero-order valence-electron chi connectivity index (χ0n) is 10.2. The Hall–Kier alpha value is -1.66. The third-order valence-corrected chi connectivity index (χ3v) is 2.44. The van der Waals surface area contributed by atoms with Gasteiger partial charge in [-0.3, -0.25) is 4.79 Å². The lowest BCUT2D eigenvalue weighted by Crippen LogP contribution is -2.36. The number of nitrogens with two attached hydrogens (primary N) is 1. The fourth-order valence-electron chi connectivity index (χ4n) is 1.51. The van der Waals surface area contributed by atoms with Crippen molar-refractivity contribution in [2.45, 2.75) is 0 Å². The maximum absolute atomic E-state index is 13.5. The first-order valence-corrected chi connectivity index (χ1v) is 5.54. The summed E-state index contributed by atoms with van der Waals surface area (Å²) in [6.45, 7) is 0.523. The van der Waals surface area contributed by atoms with Crippen molar-refractivity contribution < 1.29 is 19.0 Å². The number of ether oxygens (including phenoxy) is 1. The summed E-state index contributed by atoms with van der Waals surface area (Å²) in [7, 11) is 1.50. The van der Waals surface area contributed by atoms with Gasteiger partial charge < -0.3 is 20.5 Å². The highest BCUT2D eigenvalue weighted by molar-refractivity contribution is 5.95. The Kier molecular flexibility index (Phi) is 5.54. The van der Waals surface area contributed by atoms with Gasteiger partial charge in [0.05, 0.1) is 18.8 Å². The van der Waals surface area contributed by atoms with E-state index in [1.54, 1.807) is 0 Å². The molecule has 0 aliphatic rings. The average molecular weight is 256 g/mol. The lowest BCUT2D eigenvalue weighted by atomic mass is 10.1. The van der Waals surface area contributed by atoms with E-state index in [0.29, 0.717) is 12.3 Å². The molecule has 0 aliphatic heterocycles. The van der Waals surface area contributed by atoms with Crippen LogP contribution in [0.5, 0.6) is 0 Å². The molecular formula is C12H17FN2O3. The van der Waals surface area contributed by atoms with E-state index >= 15 is 0 Å². The number of carbonyl (C=O) groups excluding carboxylic acids is 1. The van der Waals surface area contributed by atoms with E-state index < -0.39 is 11.7 Å². The van der Waals surface area contributed by atoms with Crippen LogP contribution in [-0.4, -0.2) is 49.3 Å². The van der Waals surface area contributed by atoms with Gasteiger partial charge in [0, 0.05) is 25.9 Å². The molecule has 0 fully saturated rings. The molecule has 1 aromatic carbocycles. The number of aliphatic hydroxyl groups is 1. The predicted octanol–water partition coefficient (Wildman–Crippen LogP) is 0.489. The summed E-state index contributed by atoms with van der Waals surface area (Å²) in [6, 6.07) is 3.82. The molecule has 5 nitrogen and oxygen atoms in total. The molecule has 0 saturated heterocycles. The van der Waals surface area contributed by atoms with Crippen LogP contribution in [0.1, 0.15) is 10.4 Å². The Morgan fingerprint density at radius 2 is 2.22 bits per heavy atom. The van der Waals surface area contributed by atoms with Gasteiger partial charge in [-0.05, 0) is 18.2 Å². The third kappa shape index (κ3) is 3.68. The summed E-state index contributed by atoms with van der Waals surface area (Å²) in [4.78, 5) is 13.4. The van der Waals surface area contributed by atoms with Crippen LogP contribution in [0.2, 0.25) is 0 Å². The van der Waals surface area contributed by atoms with Crippen LogP contribution in [0, 0.1) is 5.82 Å². The number of benzene rings is 1. The molecule has 0 unspecified atom stereocenters. The third-order valence-electron chi connectivity index (χ3n) is 2.44. The van der Waals surface area contributed by atoms with Gasteiger partial charge in [0.2, 0.25) is 0 Å². The Morgan fingerprint density at radius 1 is 1.50 bits per heavy atom.